The van der Waals surface area contributed by atoms with Crippen LogP contribution in [0.15, 0.2) is 24.3 Å². The Morgan fingerprint density at radius 2 is 2.05 bits per heavy atom. The van der Waals surface area contributed by atoms with Gasteiger partial charge in [-0.1, -0.05) is 31.2 Å². The summed E-state index contributed by atoms with van der Waals surface area (Å²) in [5.41, 5.74) is 8.62. The minimum Gasteiger partial charge on any atom is -0.481 e. The van der Waals surface area contributed by atoms with Gasteiger partial charge in [0.05, 0.1) is 18.5 Å². The Morgan fingerprint density at radius 1 is 1.38 bits per heavy atom. The fourth-order valence-electron chi connectivity index (χ4n) is 2.09. The number of nitrogens with zero attached hydrogens (tertiary/aromatic N) is 2. The van der Waals surface area contributed by atoms with E-state index < -0.39 is 5.97 Å². The number of rotatable bonds is 6. The lowest BCUT2D eigenvalue weighted by Crippen LogP contribution is -2.09. The first-order valence-electron chi connectivity index (χ1n) is 6.69. The lowest BCUT2D eigenvalue weighted by molar-refractivity contribution is -0.137. The van der Waals surface area contributed by atoms with Crippen LogP contribution in [-0.2, 0) is 17.8 Å². The van der Waals surface area contributed by atoms with Gasteiger partial charge in [-0.3, -0.25) is 9.59 Å². The van der Waals surface area contributed by atoms with Gasteiger partial charge in [0.1, 0.15) is 11.5 Å². The Bertz CT molecular complexity index is 660. The van der Waals surface area contributed by atoms with Gasteiger partial charge in [0, 0.05) is 5.56 Å². The van der Waals surface area contributed by atoms with Gasteiger partial charge in [-0.25, -0.2) is 4.68 Å². The number of hydrogen-bond donors (Lipinski definition) is 2. The molecule has 0 bridgehead atoms. The summed E-state index contributed by atoms with van der Waals surface area (Å²) >= 11 is 0. The van der Waals surface area contributed by atoms with Gasteiger partial charge in [-0.15, -0.1) is 0 Å². The van der Waals surface area contributed by atoms with E-state index in [9.17, 15) is 9.59 Å². The molecule has 6 heteroatoms. The standard InChI is InChI=1S/C15H17N3O3/c1-2-10-3-5-11(6-4-10)14-12(9-19)15(16)18(17-14)8-7-13(20)21/h3-6,9H,2,7-8,16H2,1H3,(H,20,21). The average Bonchev–Trinajstić information content (AvgIpc) is 2.81. The number of aliphatic carboxylic acids is 1. The van der Waals surface area contributed by atoms with Crippen molar-refractivity contribution in [1.82, 2.24) is 9.78 Å². The molecular weight excluding hydrogens is 270 g/mol. The van der Waals surface area contributed by atoms with Gasteiger partial charge in [0.2, 0.25) is 0 Å². The zero-order valence-corrected chi connectivity index (χ0v) is 11.7. The Hall–Kier alpha value is -2.63. The molecule has 0 radical (unpaired) electrons. The third-order valence-corrected chi connectivity index (χ3v) is 3.32. The number of carbonyl (C=O) groups is 2. The first-order chi connectivity index (χ1) is 10.1. The summed E-state index contributed by atoms with van der Waals surface area (Å²) in [6.45, 7) is 2.19. The number of benzene rings is 1. The highest BCUT2D eigenvalue weighted by atomic mass is 16.4. The number of anilines is 1. The molecule has 0 saturated carbocycles. The largest absolute Gasteiger partial charge is 0.481 e. The highest BCUT2D eigenvalue weighted by Crippen LogP contribution is 2.26. The molecule has 1 aromatic carbocycles. The van der Waals surface area contributed by atoms with Crippen LogP contribution < -0.4 is 5.73 Å². The molecule has 1 aromatic heterocycles. The number of hydrogen-bond acceptors (Lipinski definition) is 4. The third-order valence-electron chi connectivity index (χ3n) is 3.32. The normalized spacial score (nSPS) is 10.5. The molecule has 0 aliphatic rings. The molecule has 110 valence electrons. The van der Waals surface area contributed by atoms with Crippen molar-refractivity contribution in [2.45, 2.75) is 26.3 Å². The van der Waals surface area contributed by atoms with Crippen LogP contribution in [0.4, 0.5) is 5.82 Å². The maximum atomic E-state index is 11.2. The van der Waals surface area contributed by atoms with Crippen molar-refractivity contribution in [3.8, 4) is 11.3 Å². The quantitative estimate of drug-likeness (QED) is 0.792. The fraction of sp³-hybridized carbons (Fsp3) is 0.267. The van der Waals surface area contributed by atoms with E-state index in [0.29, 0.717) is 17.5 Å². The highest BCUT2D eigenvalue weighted by Gasteiger charge is 2.17. The zero-order valence-electron chi connectivity index (χ0n) is 11.7. The number of carboxylic acids is 1. The summed E-state index contributed by atoms with van der Waals surface area (Å²) in [6, 6.07) is 7.71. The molecule has 0 fully saturated rings. The first kappa shape index (κ1) is 14.8. The molecule has 2 rings (SSSR count). The molecule has 6 nitrogen and oxygen atoms in total. The van der Waals surface area contributed by atoms with E-state index in [0.717, 1.165) is 12.0 Å². The molecule has 0 aliphatic carbocycles. The van der Waals surface area contributed by atoms with E-state index in [-0.39, 0.29) is 18.8 Å². The van der Waals surface area contributed by atoms with E-state index in [4.69, 9.17) is 10.8 Å². The van der Waals surface area contributed by atoms with Crippen molar-refractivity contribution in [2.24, 2.45) is 0 Å². The van der Waals surface area contributed by atoms with Crippen LogP contribution in [0.1, 0.15) is 29.3 Å². The summed E-state index contributed by atoms with van der Waals surface area (Å²) in [6.07, 6.45) is 1.48. The second-order valence-corrected chi connectivity index (χ2v) is 4.68. The summed E-state index contributed by atoms with van der Waals surface area (Å²) in [7, 11) is 0. The lowest BCUT2D eigenvalue weighted by Gasteiger charge is -2.01. The Labute approximate surface area is 122 Å². The van der Waals surface area contributed by atoms with Crippen molar-refractivity contribution in [1.29, 1.82) is 0 Å². The maximum Gasteiger partial charge on any atom is 0.305 e. The molecule has 21 heavy (non-hydrogen) atoms. The van der Waals surface area contributed by atoms with E-state index in [2.05, 4.69) is 12.0 Å². The number of aromatic nitrogens is 2. The van der Waals surface area contributed by atoms with Crippen LogP contribution in [0.2, 0.25) is 0 Å². The van der Waals surface area contributed by atoms with Crippen LogP contribution >= 0.6 is 0 Å². The Morgan fingerprint density at radius 3 is 2.57 bits per heavy atom. The molecule has 0 amide bonds. The predicted octanol–water partition coefficient (Wildman–Crippen LogP) is 1.98. The van der Waals surface area contributed by atoms with Crippen molar-refractivity contribution in [3.05, 3.63) is 35.4 Å². The number of nitrogens with two attached hydrogens (primary N) is 1. The molecule has 0 saturated heterocycles. The molecule has 3 N–H and O–H groups in total. The fourth-order valence-corrected chi connectivity index (χ4v) is 2.09. The Kier molecular flexibility index (Phi) is 4.37. The first-order valence-corrected chi connectivity index (χ1v) is 6.69. The number of aryl methyl sites for hydroxylation is 2. The lowest BCUT2D eigenvalue weighted by atomic mass is 10.1. The number of nitrogen functional groups attached to an aromatic ring is 1. The maximum absolute atomic E-state index is 11.2. The van der Waals surface area contributed by atoms with Gasteiger partial charge in [-0.05, 0) is 12.0 Å². The molecule has 2 aromatic rings. The highest BCUT2D eigenvalue weighted by molar-refractivity contribution is 5.91. The smallest absolute Gasteiger partial charge is 0.305 e. The molecule has 0 aliphatic heterocycles. The SMILES string of the molecule is CCc1ccc(-c2nn(CCC(=O)O)c(N)c2C=O)cc1. The van der Waals surface area contributed by atoms with Gasteiger partial charge >= 0.3 is 5.97 Å². The molecule has 0 spiro atoms. The topological polar surface area (TPSA) is 98.2 Å². The van der Waals surface area contributed by atoms with E-state index in [1.165, 1.54) is 10.2 Å². The molecule has 0 atom stereocenters. The zero-order chi connectivity index (χ0) is 15.4. The number of carboxylic acid groups (broad SMARTS) is 1. The molecule has 1 heterocycles. The van der Waals surface area contributed by atoms with Gasteiger partial charge in [0.25, 0.3) is 0 Å². The monoisotopic (exact) mass is 287 g/mol. The van der Waals surface area contributed by atoms with Crippen molar-refractivity contribution in [2.75, 3.05) is 5.73 Å². The Balaban J connectivity index is 2.39. The summed E-state index contributed by atoms with van der Waals surface area (Å²) in [5.74, 6) is -0.743. The van der Waals surface area contributed by atoms with Crippen LogP contribution in [0.5, 0.6) is 0 Å². The summed E-state index contributed by atoms with van der Waals surface area (Å²) in [5, 5.41) is 13.0. The van der Waals surface area contributed by atoms with Gasteiger partial charge in [-0.2, -0.15) is 5.10 Å². The summed E-state index contributed by atoms with van der Waals surface area (Å²) < 4.78 is 1.36. The minimum atomic E-state index is -0.939. The van der Waals surface area contributed by atoms with Crippen LogP contribution in [-0.4, -0.2) is 27.1 Å². The van der Waals surface area contributed by atoms with Crippen molar-refractivity contribution in [3.63, 3.8) is 0 Å². The predicted molar refractivity (Wildman–Crippen MR) is 79.1 cm³/mol. The minimum absolute atomic E-state index is 0.0988. The van der Waals surface area contributed by atoms with Gasteiger partial charge < -0.3 is 10.8 Å². The second kappa shape index (κ2) is 6.21. The van der Waals surface area contributed by atoms with E-state index in [1.807, 2.05) is 24.3 Å². The third kappa shape index (κ3) is 3.10. The molecular formula is C15H17N3O3. The second-order valence-electron chi connectivity index (χ2n) is 4.68. The van der Waals surface area contributed by atoms with E-state index >= 15 is 0 Å². The summed E-state index contributed by atoms with van der Waals surface area (Å²) in [4.78, 5) is 21.9. The number of aldehydes is 1. The van der Waals surface area contributed by atoms with Crippen LogP contribution in [0.25, 0.3) is 11.3 Å². The van der Waals surface area contributed by atoms with Crippen LogP contribution in [0, 0.1) is 0 Å². The van der Waals surface area contributed by atoms with Crippen LogP contribution in [0.3, 0.4) is 0 Å². The van der Waals surface area contributed by atoms with Crippen molar-refractivity contribution >= 4 is 18.1 Å². The van der Waals surface area contributed by atoms with Gasteiger partial charge in [0.15, 0.2) is 6.29 Å². The number of carbonyl (C=O) groups excluding carboxylic acids is 1. The molecule has 0 unspecified atom stereocenters. The average molecular weight is 287 g/mol. The van der Waals surface area contributed by atoms with E-state index in [1.54, 1.807) is 0 Å². The van der Waals surface area contributed by atoms with Crippen molar-refractivity contribution < 1.29 is 14.7 Å².